The Balaban J connectivity index is 1.97. The quantitative estimate of drug-likeness (QED) is 0.808. The van der Waals surface area contributed by atoms with Crippen molar-refractivity contribution < 1.29 is 4.79 Å². The number of Topliss-reactive ketones (excluding diaryl/α,β-unsaturated/α-hetero) is 1. The maximum Gasteiger partial charge on any atom is 0.141 e. The average Bonchev–Trinajstić information content (AvgIpc) is 2.70. The number of halogens is 1. The molecule has 1 aromatic carbocycles. The Morgan fingerprint density at radius 3 is 2.69 bits per heavy atom. The fourth-order valence-corrected chi connectivity index (χ4v) is 2.44. The molecule has 82 valence electrons. The van der Waals surface area contributed by atoms with Crippen molar-refractivity contribution in [1.29, 1.82) is 0 Å². The fraction of sp³-hybridized carbons (Fsp3) is 0.154. The minimum absolute atomic E-state index is 0.223. The Bertz CT molecular complexity index is 476. The number of hydrogen-bond acceptors (Lipinski definition) is 2. The Hall–Kier alpha value is -1.12. The fourth-order valence-electron chi connectivity index (χ4n) is 1.56. The van der Waals surface area contributed by atoms with Crippen LogP contribution in [0.3, 0.4) is 0 Å². The summed E-state index contributed by atoms with van der Waals surface area (Å²) in [6.45, 7) is 0. The van der Waals surface area contributed by atoms with Crippen LogP contribution in [0, 0.1) is 0 Å². The third kappa shape index (κ3) is 3.19. The average molecular weight is 251 g/mol. The van der Waals surface area contributed by atoms with Gasteiger partial charge in [0.1, 0.15) is 5.78 Å². The Morgan fingerprint density at radius 2 is 2.00 bits per heavy atom. The first kappa shape index (κ1) is 11.4. The van der Waals surface area contributed by atoms with Crippen LogP contribution in [0.2, 0.25) is 5.02 Å². The van der Waals surface area contributed by atoms with Crippen LogP contribution in [0.15, 0.2) is 41.1 Å². The smallest absolute Gasteiger partial charge is 0.141 e. The zero-order chi connectivity index (χ0) is 11.4. The molecule has 0 N–H and O–H groups in total. The molecule has 0 unspecified atom stereocenters. The number of rotatable bonds is 4. The van der Waals surface area contributed by atoms with Crippen molar-refractivity contribution in [1.82, 2.24) is 0 Å². The second-order valence-corrected chi connectivity index (χ2v) is 4.87. The van der Waals surface area contributed by atoms with Crippen LogP contribution < -0.4 is 0 Å². The van der Waals surface area contributed by atoms with Crippen molar-refractivity contribution in [3.63, 3.8) is 0 Å². The van der Waals surface area contributed by atoms with E-state index in [1.54, 1.807) is 11.3 Å². The van der Waals surface area contributed by atoms with E-state index in [-0.39, 0.29) is 5.78 Å². The van der Waals surface area contributed by atoms with E-state index in [9.17, 15) is 4.79 Å². The van der Waals surface area contributed by atoms with Crippen molar-refractivity contribution in [2.45, 2.75) is 12.8 Å². The molecule has 0 aliphatic carbocycles. The standard InChI is InChI=1S/C13H11ClOS/c14-12-3-1-2-10(6-12)7-13(15)8-11-4-5-16-9-11/h1-6,9H,7-8H2. The van der Waals surface area contributed by atoms with E-state index in [0.29, 0.717) is 17.9 Å². The molecule has 1 nitrogen and oxygen atoms in total. The highest BCUT2D eigenvalue weighted by molar-refractivity contribution is 7.07. The molecule has 0 aliphatic rings. The van der Waals surface area contributed by atoms with Gasteiger partial charge in [-0.15, -0.1) is 0 Å². The molecule has 16 heavy (non-hydrogen) atoms. The highest BCUT2D eigenvalue weighted by atomic mass is 35.5. The molecule has 2 aromatic rings. The van der Waals surface area contributed by atoms with Gasteiger partial charge in [0.15, 0.2) is 0 Å². The maximum atomic E-state index is 11.8. The maximum absolute atomic E-state index is 11.8. The Labute approximate surface area is 104 Å². The van der Waals surface area contributed by atoms with Crippen LogP contribution >= 0.6 is 22.9 Å². The van der Waals surface area contributed by atoms with E-state index in [1.165, 1.54) is 0 Å². The van der Waals surface area contributed by atoms with Crippen LogP contribution in [-0.2, 0) is 17.6 Å². The van der Waals surface area contributed by atoms with Gasteiger partial charge in [0, 0.05) is 17.9 Å². The number of ketones is 1. The minimum atomic E-state index is 0.223. The third-order valence-electron chi connectivity index (χ3n) is 2.27. The summed E-state index contributed by atoms with van der Waals surface area (Å²) in [4.78, 5) is 11.8. The zero-order valence-corrected chi connectivity index (χ0v) is 10.2. The molecule has 3 heteroatoms. The number of benzene rings is 1. The van der Waals surface area contributed by atoms with Crippen LogP contribution in [0.25, 0.3) is 0 Å². The summed E-state index contributed by atoms with van der Waals surface area (Å²) < 4.78 is 0. The summed E-state index contributed by atoms with van der Waals surface area (Å²) in [5.41, 5.74) is 2.07. The summed E-state index contributed by atoms with van der Waals surface area (Å²) in [5.74, 6) is 0.223. The Kier molecular flexibility index (Phi) is 3.75. The van der Waals surface area contributed by atoms with Gasteiger partial charge in [-0.25, -0.2) is 0 Å². The molecular weight excluding hydrogens is 240 g/mol. The van der Waals surface area contributed by atoms with Gasteiger partial charge in [0.05, 0.1) is 0 Å². The SMILES string of the molecule is O=C(Cc1ccsc1)Cc1cccc(Cl)c1. The van der Waals surface area contributed by atoms with Gasteiger partial charge in [0.2, 0.25) is 0 Å². The Morgan fingerprint density at radius 1 is 1.19 bits per heavy atom. The summed E-state index contributed by atoms with van der Waals surface area (Å²) in [6, 6.07) is 9.44. The van der Waals surface area contributed by atoms with Gasteiger partial charge in [-0.05, 0) is 40.1 Å². The zero-order valence-electron chi connectivity index (χ0n) is 8.65. The number of carbonyl (C=O) groups excluding carboxylic acids is 1. The summed E-state index contributed by atoms with van der Waals surface area (Å²) in [6.07, 6.45) is 0.965. The molecule has 2 rings (SSSR count). The lowest BCUT2D eigenvalue weighted by Gasteiger charge is -2.00. The van der Waals surface area contributed by atoms with E-state index < -0.39 is 0 Å². The van der Waals surface area contributed by atoms with Gasteiger partial charge < -0.3 is 0 Å². The summed E-state index contributed by atoms with van der Waals surface area (Å²) >= 11 is 7.48. The molecule has 0 atom stereocenters. The topological polar surface area (TPSA) is 17.1 Å². The normalized spacial score (nSPS) is 10.3. The first-order chi connectivity index (χ1) is 7.74. The largest absolute Gasteiger partial charge is 0.299 e. The lowest BCUT2D eigenvalue weighted by Crippen LogP contribution is -2.05. The van der Waals surface area contributed by atoms with Gasteiger partial charge in [-0.3, -0.25) is 4.79 Å². The highest BCUT2D eigenvalue weighted by Crippen LogP contribution is 2.13. The van der Waals surface area contributed by atoms with Crippen LogP contribution in [0.4, 0.5) is 0 Å². The summed E-state index contributed by atoms with van der Waals surface area (Å²) in [7, 11) is 0. The molecule has 0 radical (unpaired) electrons. The molecule has 0 saturated carbocycles. The number of carbonyl (C=O) groups is 1. The highest BCUT2D eigenvalue weighted by Gasteiger charge is 2.05. The molecule has 0 amide bonds. The van der Waals surface area contributed by atoms with Crippen molar-refractivity contribution in [2.24, 2.45) is 0 Å². The van der Waals surface area contributed by atoms with Gasteiger partial charge in [0.25, 0.3) is 0 Å². The van der Waals surface area contributed by atoms with Crippen molar-refractivity contribution in [3.05, 3.63) is 57.2 Å². The van der Waals surface area contributed by atoms with Gasteiger partial charge in [-0.2, -0.15) is 11.3 Å². The second-order valence-electron chi connectivity index (χ2n) is 3.65. The number of hydrogen-bond donors (Lipinski definition) is 0. The lowest BCUT2D eigenvalue weighted by atomic mass is 10.0. The minimum Gasteiger partial charge on any atom is -0.299 e. The van der Waals surface area contributed by atoms with Crippen molar-refractivity contribution in [2.75, 3.05) is 0 Å². The first-order valence-corrected chi connectivity index (χ1v) is 6.33. The molecule has 0 spiro atoms. The van der Waals surface area contributed by atoms with Crippen molar-refractivity contribution in [3.8, 4) is 0 Å². The van der Waals surface area contributed by atoms with Crippen LogP contribution in [0.5, 0.6) is 0 Å². The third-order valence-corrected chi connectivity index (χ3v) is 3.24. The lowest BCUT2D eigenvalue weighted by molar-refractivity contribution is -0.117. The molecule has 1 aromatic heterocycles. The van der Waals surface area contributed by atoms with E-state index in [0.717, 1.165) is 11.1 Å². The molecule has 0 fully saturated rings. The van der Waals surface area contributed by atoms with E-state index >= 15 is 0 Å². The van der Waals surface area contributed by atoms with E-state index in [1.807, 2.05) is 41.1 Å². The second kappa shape index (κ2) is 5.28. The van der Waals surface area contributed by atoms with Gasteiger partial charge in [-0.1, -0.05) is 23.7 Å². The van der Waals surface area contributed by atoms with Crippen LogP contribution in [-0.4, -0.2) is 5.78 Å². The monoisotopic (exact) mass is 250 g/mol. The summed E-state index contributed by atoms with van der Waals surface area (Å²) in [5, 5.41) is 4.68. The molecule has 0 saturated heterocycles. The molecule has 0 aliphatic heterocycles. The molecule has 1 heterocycles. The molecular formula is C13H11ClOS. The van der Waals surface area contributed by atoms with Crippen molar-refractivity contribution >= 4 is 28.7 Å². The first-order valence-electron chi connectivity index (χ1n) is 5.01. The van der Waals surface area contributed by atoms with Crippen LogP contribution in [0.1, 0.15) is 11.1 Å². The van der Waals surface area contributed by atoms with E-state index in [4.69, 9.17) is 11.6 Å². The number of thiophene rings is 1. The van der Waals surface area contributed by atoms with Gasteiger partial charge >= 0.3 is 0 Å². The predicted molar refractivity (Wildman–Crippen MR) is 68.2 cm³/mol. The van der Waals surface area contributed by atoms with E-state index in [2.05, 4.69) is 0 Å². The predicted octanol–water partition coefficient (Wildman–Crippen LogP) is 3.76. The molecule has 0 bridgehead atoms.